The van der Waals surface area contributed by atoms with Gasteiger partial charge in [0.15, 0.2) is 0 Å². The molecule has 0 unspecified atom stereocenters. The molecular weight excluding hydrogens is 160 g/mol. The number of fused-ring (bicyclic) bond motifs is 1. The number of rotatable bonds is 1. The number of aromatic nitrogens is 2. The minimum atomic E-state index is 0.920. The van der Waals surface area contributed by atoms with E-state index in [-0.39, 0.29) is 0 Å². The first-order valence-electron chi connectivity index (χ1n) is 4.38. The van der Waals surface area contributed by atoms with Gasteiger partial charge in [0, 0.05) is 0 Å². The van der Waals surface area contributed by atoms with Crippen LogP contribution in [0.25, 0.3) is 17.1 Å². The summed E-state index contributed by atoms with van der Waals surface area (Å²) < 4.78 is 0. The second kappa shape index (κ2) is 3.05. The average molecular weight is 172 g/mol. The van der Waals surface area contributed by atoms with E-state index < -0.39 is 0 Å². The molecule has 1 heterocycles. The number of hydrogen-bond acceptors (Lipinski definition) is 1. The fourth-order valence-electron chi connectivity index (χ4n) is 1.37. The van der Waals surface area contributed by atoms with Gasteiger partial charge in [0.2, 0.25) is 0 Å². The maximum atomic E-state index is 4.42. The molecule has 2 aromatic rings. The van der Waals surface area contributed by atoms with Crippen LogP contribution >= 0.6 is 0 Å². The predicted molar refractivity (Wildman–Crippen MR) is 55.5 cm³/mol. The van der Waals surface area contributed by atoms with Crippen LogP contribution < -0.4 is 0 Å². The number of nitrogens with one attached hydrogen (secondary N) is 1. The lowest BCUT2D eigenvalue weighted by molar-refractivity contribution is 1.29. The summed E-state index contributed by atoms with van der Waals surface area (Å²) in [6, 6.07) is 6.23. The molecule has 0 bridgehead atoms. The summed E-state index contributed by atoms with van der Waals surface area (Å²) in [6.07, 6.45) is 3.94. The van der Waals surface area contributed by atoms with E-state index in [2.05, 4.69) is 35.1 Å². The summed E-state index contributed by atoms with van der Waals surface area (Å²) in [5.41, 5.74) is 3.37. The van der Waals surface area contributed by atoms with Gasteiger partial charge in [0.1, 0.15) is 5.82 Å². The van der Waals surface area contributed by atoms with E-state index in [1.165, 1.54) is 5.56 Å². The van der Waals surface area contributed by atoms with Crippen molar-refractivity contribution in [3.05, 3.63) is 35.7 Å². The molecule has 0 radical (unpaired) electrons. The summed E-state index contributed by atoms with van der Waals surface area (Å²) >= 11 is 0. The minimum absolute atomic E-state index is 0.920. The molecule has 1 N–H and O–H groups in total. The molecule has 0 aliphatic rings. The maximum Gasteiger partial charge on any atom is 0.130 e. The van der Waals surface area contributed by atoms with Crippen LogP contribution in [0, 0.1) is 6.92 Å². The number of aryl methyl sites for hydroxylation is 1. The molecular formula is C11H12N2. The van der Waals surface area contributed by atoms with Crippen molar-refractivity contribution >= 4 is 17.1 Å². The van der Waals surface area contributed by atoms with Gasteiger partial charge in [0.05, 0.1) is 11.0 Å². The summed E-state index contributed by atoms with van der Waals surface area (Å²) in [4.78, 5) is 7.65. The number of imidazole rings is 1. The molecule has 2 heteroatoms. The minimum Gasteiger partial charge on any atom is -0.338 e. The van der Waals surface area contributed by atoms with Gasteiger partial charge in [-0.15, -0.1) is 0 Å². The van der Waals surface area contributed by atoms with Crippen molar-refractivity contribution in [3.63, 3.8) is 0 Å². The summed E-state index contributed by atoms with van der Waals surface area (Å²) in [5.74, 6) is 0.920. The Kier molecular flexibility index (Phi) is 1.89. The Hall–Kier alpha value is -1.57. The standard InChI is InChI=1S/C11H12N2/c1-3-4-11-12-9-6-5-8(2)7-10(9)13-11/h3-7H,1-2H3,(H,12,13)/b4-3+. The van der Waals surface area contributed by atoms with Crippen molar-refractivity contribution in [3.8, 4) is 0 Å². The Morgan fingerprint density at radius 1 is 1.38 bits per heavy atom. The molecule has 0 aliphatic carbocycles. The highest BCUT2D eigenvalue weighted by Crippen LogP contribution is 2.13. The number of H-pyrrole nitrogens is 1. The Labute approximate surface area is 77.3 Å². The summed E-state index contributed by atoms with van der Waals surface area (Å²) in [6.45, 7) is 4.06. The molecule has 0 amide bonds. The molecule has 0 fully saturated rings. The maximum absolute atomic E-state index is 4.42. The van der Waals surface area contributed by atoms with Gasteiger partial charge in [-0.05, 0) is 37.6 Å². The third-order valence-corrected chi connectivity index (χ3v) is 1.98. The van der Waals surface area contributed by atoms with Gasteiger partial charge in [-0.3, -0.25) is 0 Å². The van der Waals surface area contributed by atoms with Crippen LogP contribution in [-0.2, 0) is 0 Å². The van der Waals surface area contributed by atoms with Gasteiger partial charge >= 0.3 is 0 Å². The molecule has 0 spiro atoms. The molecule has 0 saturated carbocycles. The normalized spacial score (nSPS) is 11.5. The van der Waals surface area contributed by atoms with Crippen molar-refractivity contribution in [1.82, 2.24) is 9.97 Å². The smallest absolute Gasteiger partial charge is 0.130 e. The topological polar surface area (TPSA) is 28.7 Å². The van der Waals surface area contributed by atoms with E-state index in [0.717, 1.165) is 16.9 Å². The van der Waals surface area contributed by atoms with Crippen LogP contribution in [0.2, 0.25) is 0 Å². The highest BCUT2D eigenvalue weighted by Gasteiger charge is 1.98. The fourth-order valence-corrected chi connectivity index (χ4v) is 1.37. The van der Waals surface area contributed by atoms with Crippen molar-refractivity contribution in [2.45, 2.75) is 13.8 Å². The highest BCUT2D eigenvalue weighted by molar-refractivity contribution is 5.77. The van der Waals surface area contributed by atoms with Crippen LogP contribution in [-0.4, -0.2) is 9.97 Å². The van der Waals surface area contributed by atoms with Crippen molar-refractivity contribution in [2.75, 3.05) is 0 Å². The Morgan fingerprint density at radius 2 is 2.23 bits per heavy atom. The molecule has 2 nitrogen and oxygen atoms in total. The molecule has 66 valence electrons. The zero-order valence-electron chi connectivity index (χ0n) is 7.83. The molecule has 0 aliphatic heterocycles. The van der Waals surface area contributed by atoms with E-state index in [1.54, 1.807) is 0 Å². The number of allylic oxidation sites excluding steroid dienone is 1. The van der Waals surface area contributed by atoms with Crippen LogP contribution in [0.3, 0.4) is 0 Å². The van der Waals surface area contributed by atoms with Gasteiger partial charge in [-0.25, -0.2) is 4.98 Å². The first-order chi connectivity index (χ1) is 6.29. The Bertz CT molecular complexity index is 452. The van der Waals surface area contributed by atoms with Crippen LogP contribution in [0.4, 0.5) is 0 Å². The van der Waals surface area contributed by atoms with E-state index in [4.69, 9.17) is 0 Å². The fraction of sp³-hybridized carbons (Fsp3) is 0.182. The first-order valence-corrected chi connectivity index (χ1v) is 4.38. The number of benzene rings is 1. The highest BCUT2D eigenvalue weighted by atomic mass is 14.9. The zero-order valence-corrected chi connectivity index (χ0v) is 7.83. The predicted octanol–water partition coefficient (Wildman–Crippen LogP) is 2.90. The number of nitrogens with zero attached hydrogens (tertiary/aromatic N) is 1. The lowest BCUT2D eigenvalue weighted by Crippen LogP contribution is -1.71. The monoisotopic (exact) mass is 172 g/mol. The van der Waals surface area contributed by atoms with Gasteiger partial charge < -0.3 is 4.98 Å². The second-order valence-corrected chi connectivity index (χ2v) is 3.14. The molecule has 13 heavy (non-hydrogen) atoms. The number of hydrogen-bond donors (Lipinski definition) is 1. The first kappa shape index (κ1) is 8.05. The van der Waals surface area contributed by atoms with Crippen LogP contribution in [0.15, 0.2) is 24.3 Å². The van der Waals surface area contributed by atoms with Gasteiger partial charge in [0.25, 0.3) is 0 Å². The van der Waals surface area contributed by atoms with Crippen LogP contribution in [0.5, 0.6) is 0 Å². The third kappa shape index (κ3) is 1.47. The average Bonchev–Trinajstić information content (AvgIpc) is 2.46. The van der Waals surface area contributed by atoms with Crippen molar-refractivity contribution in [1.29, 1.82) is 0 Å². The largest absolute Gasteiger partial charge is 0.338 e. The second-order valence-electron chi connectivity index (χ2n) is 3.14. The van der Waals surface area contributed by atoms with Crippen LogP contribution in [0.1, 0.15) is 18.3 Å². The summed E-state index contributed by atoms with van der Waals surface area (Å²) in [5, 5.41) is 0. The molecule has 1 aromatic heterocycles. The van der Waals surface area contributed by atoms with E-state index >= 15 is 0 Å². The van der Waals surface area contributed by atoms with E-state index in [1.807, 2.05) is 19.1 Å². The SMILES string of the molecule is C/C=C/c1nc2cc(C)ccc2[nH]1. The Balaban J connectivity index is 2.62. The van der Waals surface area contributed by atoms with Crippen molar-refractivity contribution in [2.24, 2.45) is 0 Å². The van der Waals surface area contributed by atoms with Crippen molar-refractivity contribution < 1.29 is 0 Å². The van der Waals surface area contributed by atoms with Gasteiger partial charge in [-0.2, -0.15) is 0 Å². The lowest BCUT2D eigenvalue weighted by Gasteiger charge is -1.88. The zero-order chi connectivity index (χ0) is 9.26. The molecule has 1 aromatic carbocycles. The van der Waals surface area contributed by atoms with E-state index in [9.17, 15) is 0 Å². The van der Waals surface area contributed by atoms with E-state index in [0.29, 0.717) is 0 Å². The summed E-state index contributed by atoms with van der Waals surface area (Å²) in [7, 11) is 0. The quantitative estimate of drug-likeness (QED) is 0.704. The van der Waals surface area contributed by atoms with Gasteiger partial charge in [-0.1, -0.05) is 12.1 Å². The third-order valence-electron chi connectivity index (χ3n) is 1.98. The lowest BCUT2D eigenvalue weighted by atomic mass is 10.2. The molecule has 2 rings (SSSR count). The number of aromatic amines is 1. The molecule has 0 saturated heterocycles. The molecule has 0 atom stereocenters. The Morgan fingerprint density at radius 3 is 3.00 bits per heavy atom.